The van der Waals surface area contributed by atoms with Gasteiger partial charge in [0.05, 0.1) is 0 Å². The van der Waals surface area contributed by atoms with Crippen LogP contribution in [0.4, 0.5) is 11.4 Å². The number of carbonyl (C=O) groups excluding carboxylic acids is 1. The van der Waals surface area contributed by atoms with Gasteiger partial charge in [-0.15, -0.1) is 0 Å². The fourth-order valence-corrected chi connectivity index (χ4v) is 2.09. The molecule has 0 aliphatic heterocycles. The molecule has 4 heteroatoms. The summed E-state index contributed by atoms with van der Waals surface area (Å²) in [7, 11) is 3.94. The topological polar surface area (TPSA) is 32.3 Å². The van der Waals surface area contributed by atoms with Gasteiger partial charge in [0.25, 0.3) is 5.91 Å². The second-order valence-corrected chi connectivity index (χ2v) is 5.32. The SMILES string of the molecule is CN(C)c1cccc(NC(=O)c2cccc(Br)c2)c1. The van der Waals surface area contributed by atoms with Crippen LogP contribution in [0.2, 0.25) is 0 Å². The zero-order valence-corrected chi connectivity index (χ0v) is 12.4. The molecular formula is C15H15BrN2O. The molecule has 3 nitrogen and oxygen atoms in total. The zero-order chi connectivity index (χ0) is 13.8. The Morgan fingerprint density at radius 1 is 1.11 bits per heavy atom. The molecule has 0 aliphatic rings. The van der Waals surface area contributed by atoms with Gasteiger partial charge in [-0.2, -0.15) is 0 Å². The fourth-order valence-electron chi connectivity index (χ4n) is 1.69. The predicted molar refractivity (Wildman–Crippen MR) is 82.9 cm³/mol. The van der Waals surface area contributed by atoms with Crippen molar-refractivity contribution in [2.24, 2.45) is 0 Å². The van der Waals surface area contributed by atoms with Gasteiger partial charge >= 0.3 is 0 Å². The van der Waals surface area contributed by atoms with Crippen LogP contribution >= 0.6 is 15.9 Å². The minimum absolute atomic E-state index is 0.114. The first-order valence-electron chi connectivity index (χ1n) is 5.90. The number of amides is 1. The molecule has 0 spiro atoms. The number of benzene rings is 2. The Labute approximate surface area is 121 Å². The van der Waals surface area contributed by atoms with Crippen molar-refractivity contribution in [1.82, 2.24) is 0 Å². The standard InChI is InChI=1S/C15H15BrN2O/c1-18(2)14-8-4-7-13(10-14)17-15(19)11-5-3-6-12(16)9-11/h3-10H,1-2H3,(H,17,19). The van der Waals surface area contributed by atoms with Crippen molar-refractivity contribution in [1.29, 1.82) is 0 Å². The summed E-state index contributed by atoms with van der Waals surface area (Å²) in [6.45, 7) is 0. The van der Waals surface area contributed by atoms with Gasteiger partial charge in [-0.25, -0.2) is 0 Å². The fraction of sp³-hybridized carbons (Fsp3) is 0.133. The summed E-state index contributed by atoms with van der Waals surface area (Å²) in [6, 6.07) is 15.1. The number of carbonyl (C=O) groups is 1. The Morgan fingerprint density at radius 2 is 1.84 bits per heavy atom. The molecule has 1 N–H and O–H groups in total. The number of nitrogens with zero attached hydrogens (tertiary/aromatic N) is 1. The molecule has 98 valence electrons. The third-order valence-electron chi connectivity index (χ3n) is 2.71. The molecule has 0 fully saturated rings. The van der Waals surface area contributed by atoms with Crippen molar-refractivity contribution in [3.63, 3.8) is 0 Å². The molecule has 2 aromatic carbocycles. The van der Waals surface area contributed by atoms with E-state index in [-0.39, 0.29) is 5.91 Å². The maximum atomic E-state index is 12.1. The van der Waals surface area contributed by atoms with Crippen LogP contribution in [0.5, 0.6) is 0 Å². The van der Waals surface area contributed by atoms with Gasteiger partial charge in [0.1, 0.15) is 0 Å². The van der Waals surface area contributed by atoms with Crippen LogP contribution < -0.4 is 10.2 Å². The van der Waals surface area contributed by atoms with Crippen LogP contribution in [0.25, 0.3) is 0 Å². The van der Waals surface area contributed by atoms with Gasteiger partial charge in [0, 0.05) is 35.5 Å². The first-order chi connectivity index (χ1) is 9.06. The summed E-state index contributed by atoms with van der Waals surface area (Å²) in [5.41, 5.74) is 2.47. The minimum Gasteiger partial charge on any atom is -0.378 e. The minimum atomic E-state index is -0.114. The van der Waals surface area contributed by atoms with Crippen molar-refractivity contribution in [2.75, 3.05) is 24.3 Å². The van der Waals surface area contributed by atoms with Crippen molar-refractivity contribution in [2.45, 2.75) is 0 Å². The van der Waals surface area contributed by atoms with Crippen LogP contribution in [-0.4, -0.2) is 20.0 Å². The van der Waals surface area contributed by atoms with E-state index in [0.717, 1.165) is 15.8 Å². The highest BCUT2D eigenvalue weighted by Crippen LogP contribution is 2.19. The Morgan fingerprint density at radius 3 is 2.53 bits per heavy atom. The molecule has 2 aromatic rings. The van der Waals surface area contributed by atoms with Crippen LogP contribution in [0.15, 0.2) is 53.0 Å². The largest absolute Gasteiger partial charge is 0.378 e. The molecule has 1 amide bonds. The summed E-state index contributed by atoms with van der Waals surface area (Å²) in [5, 5.41) is 2.89. The normalized spacial score (nSPS) is 10.1. The van der Waals surface area contributed by atoms with E-state index in [2.05, 4.69) is 21.2 Å². The summed E-state index contributed by atoms with van der Waals surface area (Å²) in [4.78, 5) is 14.1. The average molecular weight is 319 g/mol. The van der Waals surface area contributed by atoms with E-state index in [0.29, 0.717) is 5.56 Å². The Kier molecular flexibility index (Phi) is 4.22. The van der Waals surface area contributed by atoms with Gasteiger partial charge in [-0.1, -0.05) is 28.1 Å². The highest BCUT2D eigenvalue weighted by atomic mass is 79.9. The van der Waals surface area contributed by atoms with E-state index in [4.69, 9.17) is 0 Å². The van der Waals surface area contributed by atoms with E-state index >= 15 is 0 Å². The summed E-state index contributed by atoms with van der Waals surface area (Å²) < 4.78 is 0.891. The Hall–Kier alpha value is -1.81. The molecule has 0 atom stereocenters. The number of anilines is 2. The predicted octanol–water partition coefficient (Wildman–Crippen LogP) is 3.77. The molecule has 0 unspecified atom stereocenters. The molecule has 0 bridgehead atoms. The molecule has 0 radical (unpaired) electrons. The maximum Gasteiger partial charge on any atom is 0.255 e. The van der Waals surface area contributed by atoms with E-state index < -0.39 is 0 Å². The lowest BCUT2D eigenvalue weighted by Gasteiger charge is -2.14. The Balaban J connectivity index is 2.17. The number of hydrogen-bond donors (Lipinski definition) is 1. The molecule has 0 saturated heterocycles. The summed E-state index contributed by atoms with van der Waals surface area (Å²) >= 11 is 3.36. The smallest absolute Gasteiger partial charge is 0.255 e. The summed E-state index contributed by atoms with van der Waals surface area (Å²) in [6.07, 6.45) is 0. The number of rotatable bonds is 3. The molecule has 0 saturated carbocycles. The van der Waals surface area contributed by atoms with Crippen molar-refractivity contribution in [3.8, 4) is 0 Å². The maximum absolute atomic E-state index is 12.1. The number of halogens is 1. The van der Waals surface area contributed by atoms with Crippen LogP contribution in [0.3, 0.4) is 0 Å². The van der Waals surface area contributed by atoms with Crippen LogP contribution in [0, 0.1) is 0 Å². The lowest BCUT2D eigenvalue weighted by Crippen LogP contribution is -2.13. The van der Waals surface area contributed by atoms with Gasteiger partial charge in [0.2, 0.25) is 0 Å². The lowest BCUT2D eigenvalue weighted by atomic mass is 10.2. The first kappa shape index (κ1) is 13.6. The molecule has 19 heavy (non-hydrogen) atoms. The average Bonchev–Trinajstić information content (AvgIpc) is 2.39. The second-order valence-electron chi connectivity index (χ2n) is 4.41. The van der Waals surface area contributed by atoms with Gasteiger partial charge < -0.3 is 10.2 Å². The molecule has 0 aliphatic carbocycles. The lowest BCUT2D eigenvalue weighted by molar-refractivity contribution is 0.102. The molecule has 0 aromatic heterocycles. The highest BCUT2D eigenvalue weighted by molar-refractivity contribution is 9.10. The quantitative estimate of drug-likeness (QED) is 0.934. The van der Waals surface area contributed by atoms with Crippen molar-refractivity contribution >= 4 is 33.2 Å². The van der Waals surface area contributed by atoms with E-state index in [1.807, 2.05) is 55.4 Å². The van der Waals surface area contributed by atoms with Crippen molar-refractivity contribution in [3.05, 3.63) is 58.6 Å². The van der Waals surface area contributed by atoms with E-state index in [1.54, 1.807) is 12.1 Å². The summed E-state index contributed by atoms with van der Waals surface area (Å²) in [5.74, 6) is -0.114. The monoisotopic (exact) mass is 318 g/mol. The Bertz CT molecular complexity index is 596. The van der Waals surface area contributed by atoms with Gasteiger partial charge in [-0.3, -0.25) is 4.79 Å². The van der Waals surface area contributed by atoms with Gasteiger partial charge in [-0.05, 0) is 36.4 Å². The molecule has 0 heterocycles. The highest BCUT2D eigenvalue weighted by Gasteiger charge is 2.06. The van der Waals surface area contributed by atoms with Crippen molar-refractivity contribution < 1.29 is 4.79 Å². The second kappa shape index (κ2) is 5.89. The zero-order valence-electron chi connectivity index (χ0n) is 10.9. The molecular weight excluding hydrogens is 304 g/mol. The number of hydrogen-bond acceptors (Lipinski definition) is 2. The van der Waals surface area contributed by atoms with Crippen LogP contribution in [-0.2, 0) is 0 Å². The van der Waals surface area contributed by atoms with E-state index in [9.17, 15) is 4.79 Å². The third kappa shape index (κ3) is 3.58. The van der Waals surface area contributed by atoms with E-state index in [1.165, 1.54) is 0 Å². The number of nitrogens with one attached hydrogen (secondary N) is 1. The van der Waals surface area contributed by atoms with Gasteiger partial charge in [0.15, 0.2) is 0 Å². The first-order valence-corrected chi connectivity index (χ1v) is 6.70. The molecule has 2 rings (SSSR count). The van der Waals surface area contributed by atoms with Crippen LogP contribution in [0.1, 0.15) is 10.4 Å². The third-order valence-corrected chi connectivity index (χ3v) is 3.20.